The second kappa shape index (κ2) is 8.73. The second-order valence-electron chi connectivity index (χ2n) is 8.84. The molecule has 0 radical (unpaired) electrons. The van der Waals surface area contributed by atoms with Gasteiger partial charge in [-0.25, -0.2) is 4.79 Å². The van der Waals surface area contributed by atoms with Gasteiger partial charge >= 0.3 is 5.97 Å². The molecule has 0 unspecified atom stereocenters. The van der Waals surface area contributed by atoms with Crippen molar-refractivity contribution in [2.24, 2.45) is 11.8 Å². The molecule has 2 saturated heterocycles. The molecule has 4 aliphatic rings. The van der Waals surface area contributed by atoms with Gasteiger partial charge in [-0.3, -0.25) is 0 Å². The zero-order chi connectivity index (χ0) is 24.2. The minimum Gasteiger partial charge on any atom is -0.508 e. The Morgan fingerprint density at radius 2 is 1.76 bits per heavy atom. The van der Waals surface area contributed by atoms with Gasteiger partial charge < -0.3 is 54.3 Å². The van der Waals surface area contributed by atoms with Gasteiger partial charge in [0.05, 0.1) is 31.0 Å². The summed E-state index contributed by atoms with van der Waals surface area (Å²) < 4.78 is 28.3. The number of hydrogen-bond donors (Lipinski definition) is 6. The summed E-state index contributed by atoms with van der Waals surface area (Å²) in [6.45, 7) is -1.04. The molecule has 3 fully saturated rings. The number of hydrogen-bond acceptors (Lipinski definition) is 12. The van der Waals surface area contributed by atoms with E-state index in [0.717, 1.165) is 0 Å². The Morgan fingerprint density at radius 3 is 2.44 bits per heavy atom. The Hall–Kier alpha value is -2.29. The highest BCUT2D eigenvalue weighted by molar-refractivity contribution is 5.89. The molecule has 1 saturated carbocycles. The van der Waals surface area contributed by atoms with Crippen LogP contribution in [0.3, 0.4) is 0 Å². The first-order chi connectivity index (χ1) is 16.3. The van der Waals surface area contributed by atoms with Gasteiger partial charge in [-0.15, -0.1) is 0 Å². The largest absolute Gasteiger partial charge is 0.508 e. The maximum absolute atomic E-state index is 12.7. The number of aliphatic hydroxyl groups excluding tert-OH is 5. The maximum atomic E-state index is 12.7. The summed E-state index contributed by atoms with van der Waals surface area (Å²) in [5, 5.41) is 59.3. The fraction of sp³-hybridized carbons (Fsp3) is 0.591. The molecule has 0 aromatic heterocycles. The lowest BCUT2D eigenvalue weighted by Crippen LogP contribution is -2.60. The molecule has 12 nitrogen and oxygen atoms in total. The van der Waals surface area contributed by atoms with Gasteiger partial charge in [-0.2, -0.15) is 0 Å². The SMILES string of the molecule is O=C(O[C@@H]1[C@H]2C=CO[C@H](O[C@@H]3O[C@H](CO)[C@@H](O)[C@H](O)[C@H]3O)[C@@H]2[C@]2(CO)O[C@@H]12)c1ccc(O)cc1. The van der Waals surface area contributed by atoms with Crippen LogP contribution in [0.25, 0.3) is 0 Å². The summed E-state index contributed by atoms with van der Waals surface area (Å²) in [6.07, 6.45) is -6.99. The van der Waals surface area contributed by atoms with Crippen molar-refractivity contribution < 1.29 is 59.1 Å². The molecule has 186 valence electrons. The monoisotopic (exact) mass is 482 g/mol. The Labute approximate surface area is 193 Å². The number of carbonyl (C=O) groups excluding carboxylic acids is 1. The van der Waals surface area contributed by atoms with Crippen molar-refractivity contribution in [1.82, 2.24) is 0 Å². The number of aliphatic hydroxyl groups is 5. The van der Waals surface area contributed by atoms with Crippen LogP contribution in [0.4, 0.5) is 0 Å². The van der Waals surface area contributed by atoms with Gasteiger partial charge in [-0.05, 0) is 30.3 Å². The highest BCUT2D eigenvalue weighted by Gasteiger charge is 2.77. The molecule has 3 aliphatic heterocycles. The van der Waals surface area contributed by atoms with Crippen LogP contribution >= 0.6 is 0 Å². The van der Waals surface area contributed by atoms with Crippen LogP contribution < -0.4 is 0 Å². The van der Waals surface area contributed by atoms with Gasteiger partial charge in [-0.1, -0.05) is 0 Å². The topological polar surface area (TPSA) is 188 Å². The van der Waals surface area contributed by atoms with E-state index in [0.29, 0.717) is 0 Å². The van der Waals surface area contributed by atoms with Crippen molar-refractivity contribution in [3.05, 3.63) is 42.2 Å². The smallest absolute Gasteiger partial charge is 0.338 e. The molecule has 12 heteroatoms. The number of aromatic hydroxyl groups is 1. The molecule has 0 spiro atoms. The molecule has 1 aromatic rings. The predicted octanol–water partition coefficient (Wildman–Crippen LogP) is -2.02. The fourth-order valence-corrected chi connectivity index (χ4v) is 5.08. The zero-order valence-corrected chi connectivity index (χ0v) is 17.8. The molecule has 0 bridgehead atoms. The van der Waals surface area contributed by atoms with Crippen LogP contribution in [-0.4, -0.2) is 105 Å². The van der Waals surface area contributed by atoms with Crippen molar-refractivity contribution in [3.8, 4) is 5.75 Å². The average Bonchev–Trinajstić information content (AvgIpc) is 3.52. The highest BCUT2D eigenvalue weighted by atomic mass is 16.8. The molecule has 5 rings (SSSR count). The highest BCUT2D eigenvalue weighted by Crippen LogP contribution is 2.60. The molecule has 3 heterocycles. The van der Waals surface area contributed by atoms with Gasteiger partial charge in [0.15, 0.2) is 6.29 Å². The predicted molar refractivity (Wildman–Crippen MR) is 108 cm³/mol. The third-order valence-corrected chi connectivity index (χ3v) is 6.94. The normalized spacial score (nSPS) is 44.6. The molecule has 1 aromatic carbocycles. The third kappa shape index (κ3) is 3.67. The summed E-state index contributed by atoms with van der Waals surface area (Å²) in [5.41, 5.74) is -0.907. The van der Waals surface area contributed by atoms with Gasteiger partial charge in [0, 0.05) is 5.92 Å². The Bertz CT molecular complexity index is 934. The first kappa shape index (κ1) is 23.5. The Balaban J connectivity index is 1.34. The number of epoxide rings is 1. The minimum absolute atomic E-state index is 0.00264. The number of fused-ring (bicyclic) bond motifs is 3. The Morgan fingerprint density at radius 1 is 1.03 bits per heavy atom. The van der Waals surface area contributed by atoms with E-state index in [9.17, 15) is 35.4 Å². The van der Waals surface area contributed by atoms with Crippen LogP contribution in [0.5, 0.6) is 5.75 Å². The van der Waals surface area contributed by atoms with Gasteiger partial charge in [0.2, 0.25) is 6.29 Å². The van der Waals surface area contributed by atoms with E-state index in [1.165, 1.54) is 30.5 Å². The van der Waals surface area contributed by atoms with Crippen LogP contribution in [0, 0.1) is 11.8 Å². The second-order valence-corrected chi connectivity index (χ2v) is 8.84. The fourth-order valence-electron chi connectivity index (χ4n) is 5.08. The number of rotatable bonds is 6. The number of phenolic OH excluding ortho intramolecular Hbond substituents is 1. The number of carbonyl (C=O) groups is 1. The first-order valence-corrected chi connectivity index (χ1v) is 10.9. The quantitative estimate of drug-likeness (QED) is 0.193. The first-order valence-electron chi connectivity index (χ1n) is 10.9. The molecule has 6 N–H and O–H groups in total. The molecule has 11 atom stereocenters. The van der Waals surface area contributed by atoms with Crippen molar-refractivity contribution in [2.45, 2.75) is 54.8 Å². The van der Waals surface area contributed by atoms with Crippen LogP contribution in [0.15, 0.2) is 36.6 Å². The summed E-state index contributed by atoms with van der Waals surface area (Å²) in [5.74, 6) is -1.78. The maximum Gasteiger partial charge on any atom is 0.338 e. The lowest BCUT2D eigenvalue weighted by molar-refractivity contribution is -0.344. The number of benzene rings is 1. The average molecular weight is 482 g/mol. The van der Waals surface area contributed by atoms with E-state index in [1.807, 2.05) is 0 Å². The van der Waals surface area contributed by atoms with Gasteiger partial charge in [0.25, 0.3) is 0 Å². The van der Waals surface area contributed by atoms with Crippen molar-refractivity contribution in [3.63, 3.8) is 0 Å². The minimum atomic E-state index is -1.64. The van der Waals surface area contributed by atoms with Crippen molar-refractivity contribution in [1.29, 1.82) is 0 Å². The van der Waals surface area contributed by atoms with E-state index in [2.05, 4.69) is 0 Å². The summed E-state index contributed by atoms with van der Waals surface area (Å²) >= 11 is 0. The molecule has 1 aliphatic carbocycles. The number of ether oxygens (including phenoxy) is 5. The summed E-state index contributed by atoms with van der Waals surface area (Å²) in [7, 11) is 0. The van der Waals surface area contributed by atoms with E-state index in [4.69, 9.17) is 23.7 Å². The molecular weight excluding hydrogens is 456 g/mol. The lowest BCUT2D eigenvalue weighted by Gasteiger charge is -2.43. The summed E-state index contributed by atoms with van der Waals surface area (Å²) in [4.78, 5) is 12.7. The number of esters is 1. The molecular formula is C22H26O12. The van der Waals surface area contributed by atoms with Crippen molar-refractivity contribution in [2.75, 3.05) is 13.2 Å². The van der Waals surface area contributed by atoms with E-state index < -0.39 is 85.8 Å². The lowest BCUT2D eigenvalue weighted by atomic mass is 9.85. The zero-order valence-electron chi connectivity index (χ0n) is 17.8. The standard InChI is InChI=1S/C22H26O12/c23-7-12-14(26)15(27)16(28)21(31-12)33-20-13-11(5-6-30-20)17(18-22(13,8-24)34-18)32-19(29)9-1-3-10(25)4-2-9/h1-6,11-18,20-21,23-28H,7-8H2/t11-,12+,13+,14+,15-,16+,17+,18-,20+,21-,22-/m0/s1. The summed E-state index contributed by atoms with van der Waals surface area (Å²) in [6, 6.07) is 5.56. The third-order valence-electron chi connectivity index (χ3n) is 6.94. The number of phenols is 1. The molecule has 0 amide bonds. The van der Waals surface area contributed by atoms with E-state index in [1.54, 1.807) is 6.08 Å². The van der Waals surface area contributed by atoms with Gasteiger partial charge in [0.1, 0.15) is 48.0 Å². The van der Waals surface area contributed by atoms with Crippen LogP contribution in [0.2, 0.25) is 0 Å². The van der Waals surface area contributed by atoms with Crippen LogP contribution in [-0.2, 0) is 23.7 Å². The van der Waals surface area contributed by atoms with Crippen molar-refractivity contribution >= 4 is 5.97 Å². The Kier molecular flexibility index (Phi) is 6.02. The van der Waals surface area contributed by atoms with E-state index >= 15 is 0 Å². The van der Waals surface area contributed by atoms with E-state index in [-0.39, 0.29) is 11.3 Å². The van der Waals surface area contributed by atoms with Crippen LogP contribution in [0.1, 0.15) is 10.4 Å². The molecule has 34 heavy (non-hydrogen) atoms.